The average Bonchev–Trinajstić information content (AvgIpc) is 3.61. The number of alkyl halides is 3. The van der Waals surface area contributed by atoms with Gasteiger partial charge in [0.1, 0.15) is 19.0 Å². The van der Waals surface area contributed by atoms with Crippen LogP contribution in [0.4, 0.5) is 23.2 Å². The molecule has 0 bridgehead atoms. The standard InChI is InChI=1S/C26H24F4N4OS/c27-22-12-20-16(11-23(22)34-7-6-33-5-1-3-18(33)13-34)10-21-24(31-32-25(20)21)17-9-19(36-14-17)4-2-8-35-15-26(28,29)30/h9,11-12,14,18H,1,3,5-8,10,13,15H2,(H,31,32). The van der Waals surface area contributed by atoms with Crippen LogP contribution >= 0.6 is 11.3 Å². The fourth-order valence-electron chi connectivity index (χ4n) is 5.49. The predicted octanol–water partition coefficient (Wildman–Crippen LogP) is 5.06. The van der Waals surface area contributed by atoms with Crippen LogP contribution in [0.5, 0.6) is 0 Å². The normalized spacial score (nSPS) is 19.1. The van der Waals surface area contributed by atoms with Crippen LogP contribution in [0, 0.1) is 17.7 Å². The summed E-state index contributed by atoms with van der Waals surface area (Å²) in [5.41, 5.74) is 6.15. The van der Waals surface area contributed by atoms with Gasteiger partial charge in [-0.25, -0.2) is 4.39 Å². The average molecular weight is 517 g/mol. The monoisotopic (exact) mass is 516 g/mol. The number of aromatic amines is 1. The van der Waals surface area contributed by atoms with Crippen molar-refractivity contribution in [3.63, 3.8) is 0 Å². The number of halogens is 4. The van der Waals surface area contributed by atoms with E-state index in [1.165, 1.54) is 24.2 Å². The molecule has 1 N–H and O–H groups in total. The van der Waals surface area contributed by atoms with Gasteiger partial charge in [-0.3, -0.25) is 10.00 Å². The van der Waals surface area contributed by atoms with Gasteiger partial charge in [0.25, 0.3) is 0 Å². The number of rotatable bonds is 4. The van der Waals surface area contributed by atoms with Crippen molar-refractivity contribution in [2.75, 3.05) is 44.3 Å². The number of nitrogens with zero attached hydrogens (tertiary/aromatic N) is 3. The number of thiophene rings is 1. The number of fused-ring (bicyclic) bond motifs is 4. The minimum absolute atomic E-state index is 0.204. The summed E-state index contributed by atoms with van der Waals surface area (Å²) in [6.45, 7) is 2.24. The number of hydrogen-bond donors (Lipinski definition) is 1. The molecule has 1 aliphatic carbocycles. The molecule has 36 heavy (non-hydrogen) atoms. The first-order valence-electron chi connectivity index (χ1n) is 12.0. The lowest BCUT2D eigenvalue weighted by Crippen LogP contribution is -2.50. The van der Waals surface area contributed by atoms with E-state index in [2.05, 4.69) is 36.6 Å². The largest absolute Gasteiger partial charge is 0.411 e. The fourth-order valence-corrected chi connectivity index (χ4v) is 6.25. The zero-order valence-electron chi connectivity index (χ0n) is 19.4. The first-order chi connectivity index (χ1) is 17.4. The number of benzene rings is 1. The second kappa shape index (κ2) is 9.21. The number of aromatic nitrogens is 2. The highest BCUT2D eigenvalue weighted by Gasteiger charge is 2.33. The summed E-state index contributed by atoms with van der Waals surface area (Å²) in [5.74, 6) is 5.26. The zero-order valence-corrected chi connectivity index (χ0v) is 20.2. The van der Waals surface area contributed by atoms with Crippen molar-refractivity contribution in [1.29, 1.82) is 0 Å². The number of hydrogen-bond acceptors (Lipinski definition) is 5. The summed E-state index contributed by atoms with van der Waals surface area (Å²) in [6.07, 6.45) is -1.30. The highest BCUT2D eigenvalue weighted by molar-refractivity contribution is 7.11. The highest BCUT2D eigenvalue weighted by Crippen LogP contribution is 2.43. The number of nitrogens with one attached hydrogen (secondary N) is 1. The summed E-state index contributed by atoms with van der Waals surface area (Å²) in [4.78, 5) is 5.42. The number of anilines is 1. The summed E-state index contributed by atoms with van der Waals surface area (Å²) >= 11 is 1.40. The van der Waals surface area contributed by atoms with Crippen molar-refractivity contribution in [2.24, 2.45) is 0 Å². The molecule has 2 aliphatic heterocycles. The van der Waals surface area contributed by atoms with E-state index in [1.807, 2.05) is 17.5 Å². The van der Waals surface area contributed by atoms with Crippen LogP contribution in [0.2, 0.25) is 0 Å². The number of piperazine rings is 1. The maximum absolute atomic E-state index is 15.3. The molecule has 2 fully saturated rings. The molecule has 10 heteroatoms. The molecular formula is C26H24F4N4OS. The van der Waals surface area contributed by atoms with Gasteiger partial charge in [0, 0.05) is 54.2 Å². The number of H-pyrrole nitrogens is 1. The van der Waals surface area contributed by atoms with E-state index in [0.717, 1.165) is 59.8 Å². The fraction of sp³-hybridized carbons (Fsp3) is 0.423. The van der Waals surface area contributed by atoms with Gasteiger partial charge in [0.15, 0.2) is 0 Å². The lowest BCUT2D eigenvalue weighted by Gasteiger charge is -2.39. The van der Waals surface area contributed by atoms with Gasteiger partial charge in [-0.15, -0.1) is 11.3 Å². The van der Waals surface area contributed by atoms with Crippen molar-refractivity contribution in [2.45, 2.75) is 31.5 Å². The topological polar surface area (TPSA) is 44.4 Å². The van der Waals surface area contributed by atoms with E-state index in [9.17, 15) is 13.2 Å². The molecule has 188 valence electrons. The minimum Gasteiger partial charge on any atom is -0.366 e. The van der Waals surface area contributed by atoms with Crippen LogP contribution in [-0.4, -0.2) is 66.7 Å². The summed E-state index contributed by atoms with van der Waals surface area (Å²) < 4.78 is 56.3. The van der Waals surface area contributed by atoms with Crippen LogP contribution in [0.3, 0.4) is 0 Å². The Morgan fingerprint density at radius 1 is 1.19 bits per heavy atom. The Balaban J connectivity index is 1.18. The highest BCUT2D eigenvalue weighted by atomic mass is 32.1. The van der Waals surface area contributed by atoms with E-state index in [1.54, 1.807) is 6.07 Å². The van der Waals surface area contributed by atoms with E-state index < -0.39 is 12.8 Å². The van der Waals surface area contributed by atoms with E-state index >= 15 is 4.39 Å². The first kappa shape index (κ1) is 23.5. The number of ether oxygens (including phenoxy) is 1. The summed E-state index contributed by atoms with van der Waals surface area (Å²) in [5, 5.41) is 9.49. The predicted molar refractivity (Wildman–Crippen MR) is 131 cm³/mol. The second-order valence-corrected chi connectivity index (χ2v) is 10.4. The van der Waals surface area contributed by atoms with Crippen molar-refractivity contribution in [3.8, 4) is 34.4 Å². The first-order valence-corrected chi connectivity index (χ1v) is 12.8. The minimum atomic E-state index is -4.36. The maximum Gasteiger partial charge on any atom is 0.411 e. The van der Waals surface area contributed by atoms with Gasteiger partial charge in [-0.1, -0.05) is 11.8 Å². The summed E-state index contributed by atoms with van der Waals surface area (Å²) in [7, 11) is 0. The lowest BCUT2D eigenvalue weighted by molar-refractivity contribution is -0.170. The molecule has 3 aromatic rings. The molecule has 1 atom stereocenters. The lowest BCUT2D eigenvalue weighted by atomic mass is 10.1. The zero-order chi connectivity index (χ0) is 24.9. The van der Waals surface area contributed by atoms with Gasteiger partial charge in [0.05, 0.1) is 22.0 Å². The third-order valence-corrected chi connectivity index (χ3v) is 7.97. The molecule has 3 aliphatic rings. The van der Waals surface area contributed by atoms with E-state index in [4.69, 9.17) is 0 Å². The SMILES string of the molecule is Fc1cc2c(cc1N1CCN3CCCC3C1)Cc1c(-c3csc(C#CCOCC(F)(F)F)c3)n[nH]c1-2. The Morgan fingerprint density at radius 2 is 2.08 bits per heavy atom. The van der Waals surface area contributed by atoms with Crippen LogP contribution in [0.1, 0.15) is 28.8 Å². The molecular weight excluding hydrogens is 492 g/mol. The van der Waals surface area contributed by atoms with Gasteiger partial charge in [-0.05, 0) is 43.1 Å². The van der Waals surface area contributed by atoms with Crippen molar-refractivity contribution < 1.29 is 22.3 Å². The molecule has 5 nitrogen and oxygen atoms in total. The third kappa shape index (κ3) is 4.51. The summed E-state index contributed by atoms with van der Waals surface area (Å²) in [6, 6.07) is 6.01. The Kier molecular flexibility index (Phi) is 6.02. The molecule has 6 rings (SSSR count). The smallest absolute Gasteiger partial charge is 0.366 e. The molecule has 0 saturated carbocycles. The van der Waals surface area contributed by atoms with Gasteiger partial charge < -0.3 is 9.64 Å². The van der Waals surface area contributed by atoms with Crippen molar-refractivity contribution in [3.05, 3.63) is 45.4 Å². The van der Waals surface area contributed by atoms with Crippen LogP contribution in [-0.2, 0) is 11.2 Å². The molecule has 0 amide bonds. The van der Waals surface area contributed by atoms with Gasteiger partial charge >= 0.3 is 6.18 Å². The van der Waals surface area contributed by atoms with E-state index in [-0.39, 0.29) is 12.4 Å². The molecule has 1 unspecified atom stereocenters. The van der Waals surface area contributed by atoms with Crippen LogP contribution in [0.25, 0.3) is 22.5 Å². The quantitative estimate of drug-likeness (QED) is 0.234. The van der Waals surface area contributed by atoms with E-state index in [0.29, 0.717) is 23.0 Å². The Labute approximate surface area is 210 Å². The molecule has 2 aromatic heterocycles. The van der Waals surface area contributed by atoms with Crippen molar-refractivity contribution >= 4 is 17.0 Å². The Morgan fingerprint density at radius 3 is 2.94 bits per heavy atom. The molecule has 1 aromatic carbocycles. The molecule has 4 heterocycles. The second-order valence-electron chi connectivity index (χ2n) is 9.45. The third-order valence-electron chi connectivity index (χ3n) is 7.13. The molecule has 0 radical (unpaired) electrons. The molecule has 0 spiro atoms. The van der Waals surface area contributed by atoms with Crippen LogP contribution in [0.15, 0.2) is 23.6 Å². The van der Waals surface area contributed by atoms with Crippen LogP contribution < -0.4 is 4.90 Å². The Bertz CT molecular complexity index is 1350. The van der Waals surface area contributed by atoms with Gasteiger partial charge in [-0.2, -0.15) is 18.3 Å². The van der Waals surface area contributed by atoms with Crippen molar-refractivity contribution in [1.82, 2.24) is 15.1 Å². The van der Waals surface area contributed by atoms with Gasteiger partial charge in [0.2, 0.25) is 0 Å². The molecule has 2 saturated heterocycles. The Hall–Kier alpha value is -2.87. The maximum atomic E-state index is 15.3.